The Labute approximate surface area is 139 Å². The van der Waals surface area contributed by atoms with Crippen LogP contribution in [0.4, 0.5) is 0 Å². The van der Waals surface area contributed by atoms with Crippen LogP contribution in [-0.4, -0.2) is 16.9 Å². The maximum absolute atomic E-state index is 12.5. The first kappa shape index (κ1) is 15.5. The molecule has 2 aromatic rings. The van der Waals surface area contributed by atoms with Gasteiger partial charge in [0.1, 0.15) is 9.88 Å². The van der Waals surface area contributed by atoms with Crippen LogP contribution >= 0.6 is 22.9 Å². The second-order valence-corrected chi connectivity index (χ2v) is 7.13. The fourth-order valence-corrected chi connectivity index (χ4v) is 4.14. The summed E-state index contributed by atoms with van der Waals surface area (Å²) in [6.07, 6.45) is 5.86. The molecule has 1 aromatic carbocycles. The molecular formula is C17H19ClN2OS. The molecule has 0 aliphatic heterocycles. The molecule has 0 unspecified atom stereocenters. The number of halogens is 1. The minimum absolute atomic E-state index is 0.000188. The molecular weight excluding hydrogens is 316 g/mol. The van der Waals surface area contributed by atoms with Crippen LogP contribution in [0.1, 0.15) is 47.5 Å². The summed E-state index contributed by atoms with van der Waals surface area (Å²) in [7, 11) is 0. The van der Waals surface area contributed by atoms with Gasteiger partial charge in [0.05, 0.1) is 10.7 Å². The highest BCUT2D eigenvalue weighted by Crippen LogP contribution is 2.32. The molecule has 3 nitrogen and oxygen atoms in total. The van der Waals surface area contributed by atoms with E-state index in [1.165, 1.54) is 30.6 Å². The summed E-state index contributed by atoms with van der Waals surface area (Å²) in [5.74, 6) is 0.000188. The summed E-state index contributed by atoms with van der Waals surface area (Å²) in [6, 6.07) is 7.91. The van der Waals surface area contributed by atoms with E-state index in [2.05, 4.69) is 10.3 Å². The SMILES string of the molecule is Cc1nc(-c2ccccc2Cl)sc1C(=O)NC1CCCCC1. The minimum atomic E-state index is 0.000188. The molecule has 3 rings (SSSR count). The molecule has 1 fully saturated rings. The third-order valence-electron chi connectivity index (χ3n) is 4.05. The van der Waals surface area contributed by atoms with E-state index in [4.69, 9.17) is 11.6 Å². The van der Waals surface area contributed by atoms with E-state index in [9.17, 15) is 4.79 Å². The number of hydrogen-bond donors (Lipinski definition) is 1. The van der Waals surface area contributed by atoms with Crippen LogP contribution in [0.15, 0.2) is 24.3 Å². The number of carbonyl (C=O) groups excluding carboxylic acids is 1. The number of hydrogen-bond acceptors (Lipinski definition) is 3. The van der Waals surface area contributed by atoms with Gasteiger partial charge in [-0.25, -0.2) is 4.98 Å². The summed E-state index contributed by atoms with van der Waals surface area (Å²) in [4.78, 5) is 17.7. The number of aromatic nitrogens is 1. The normalized spacial score (nSPS) is 15.7. The van der Waals surface area contributed by atoms with Crippen LogP contribution in [0.5, 0.6) is 0 Å². The van der Waals surface area contributed by atoms with E-state index < -0.39 is 0 Å². The van der Waals surface area contributed by atoms with Crippen molar-refractivity contribution in [3.8, 4) is 10.6 Å². The Morgan fingerprint density at radius 1 is 1.27 bits per heavy atom. The van der Waals surface area contributed by atoms with E-state index in [0.717, 1.165) is 29.1 Å². The summed E-state index contributed by atoms with van der Waals surface area (Å²) < 4.78 is 0. The monoisotopic (exact) mass is 334 g/mol. The number of thiazole rings is 1. The van der Waals surface area contributed by atoms with Crippen LogP contribution in [0.3, 0.4) is 0 Å². The highest BCUT2D eigenvalue weighted by Gasteiger charge is 2.21. The predicted octanol–water partition coefficient (Wildman–Crippen LogP) is 4.83. The number of aryl methyl sites for hydroxylation is 1. The third-order valence-corrected chi connectivity index (χ3v) is 5.57. The van der Waals surface area contributed by atoms with Gasteiger partial charge in [0.25, 0.3) is 5.91 Å². The van der Waals surface area contributed by atoms with Crippen LogP contribution in [0.25, 0.3) is 10.6 Å². The fourth-order valence-electron chi connectivity index (χ4n) is 2.85. The molecule has 0 spiro atoms. The number of nitrogens with one attached hydrogen (secondary N) is 1. The van der Waals surface area contributed by atoms with Crippen LogP contribution in [-0.2, 0) is 0 Å². The van der Waals surface area contributed by atoms with Gasteiger partial charge < -0.3 is 5.32 Å². The average molecular weight is 335 g/mol. The molecule has 1 saturated carbocycles. The zero-order chi connectivity index (χ0) is 15.5. The highest BCUT2D eigenvalue weighted by atomic mass is 35.5. The van der Waals surface area contributed by atoms with Gasteiger partial charge in [-0.3, -0.25) is 4.79 Å². The van der Waals surface area contributed by atoms with Crippen LogP contribution in [0, 0.1) is 6.92 Å². The minimum Gasteiger partial charge on any atom is -0.349 e. The Kier molecular flexibility index (Phi) is 4.79. The molecule has 5 heteroatoms. The quantitative estimate of drug-likeness (QED) is 0.873. The first-order chi connectivity index (χ1) is 10.6. The second-order valence-electron chi connectivity index (χ2n) is 5.72. The molecule has 0 saturated heterocycles. The number of carbonyl (C=O) groups is 1. The Hall–Kier alpha value is -1.39. The summed E-state index contributed by atoms with van der Waals surface area (Å²) in [5, 5.41) is 4.62. The zero-order valence-corrected chi connectivity index (χ0v) is 14.1. The lowest BCUT2D eigenvalue weighted by Crippen LogP contribution is -2.36. The first-order valence-corrected chi connectivity index (χ1v) is 8.88. The molecule has 0 radical (unpaired) electrons. The fraction of sp³-hybridized carbons (Fsp3) is 0.412. The van der Waals surface area contributed by atoms with Crippen molar-refractivity contribution < 1.29 is 4.79 Å². The van der Waals surface area contributed by atoms with E-state index in [1.807, 2.05) is 31.2 Å². The standard InChI is InChI=1S/C17H19ClN2OS/c1-11-15(16(21)20-12-7-3-2-4-8-12)22-17(19-11)13-9-5-6-10-14(13)18/h5-6,9-10,12H,2-4,7-8H2,1H3,(H,20,21). The maximum atomic E-state index is 12.5. The summed E-state index contributed by atoms with van der Waals surface area (Å²) >= 11 is 7.64. The van der Waals surface area contributed by atoms with Gasteiger partial charge in [-0.2, -0.15) is 0 Å². The Morgan fingerprint density at radius 3 is 2.73 bits per heavy atom. The molecule has 1 aliphatic rings. The number of benzene rings is 1. The van der Waals surface area contributed by atoms with E-state index in [1.54, 1.807) is 0 Å². The van der Waals surface area contributed by atoms with Crippen LogP contribution in [0.2, 0.25) is 5.02 Å². The van der Waals surface area contributed by atoms with Gasteiger partial charge in [-0.15, -0.1) is 11.3 Å². The molecule has 1 amide bonds. The topological polar surface area (TPSA) is 42.0 Å². The van der Waals surface area contributed by atoms with E-state index >= 15 is 0 Å². The smallest absolute Gasteiger partial charge is 0.263 e. The number of rotatable bonds is 3. The van der Waals surface area contributed by atoms with Gasteiger partial charge in [0.15, 0.2) is 0 Å². The van der Waals surface area contributed by atoms with Crippen molar-refractivity contribution >= 4 is 28.8 Å². The molecule has 1 aromatic heterocycles. The maximum Gasteiger partial charge on any atom is 0.263 e. The lowest BCUT2D eigenvalue weighted by atomic mass is 9.95. The van der Waals surface area contributed by atoms with E-state index in [-0.39, 0.29) is 5.91 Å². The molecule has 22 heavy (non-hydrogen) atoms. The van der Waals surface area contributed by atoms with Gasteiger partial charge in [0, 0.05) is 11.6 Å². The number of amides is 1. The highest BCUT2D eigenvalue weighted by molar-refractivity contribution is 7.17. The average Bonchev–Trinajstić information content (AvgIpc) is 2.90. The van der Waals surface area contributed by atoms with Gasteiger partial charge in [0.2, 0.25) is 0 Å². The van der Waals surface area contributed by atoms with Gasteiger partial charge >= 0.3 is 0 Å². The molecule has 116 valence electrons. The second kappa shape index (κ2) is 6.80. The lowest BCUT2D eigenvalue weighted by Gasteiger charge is -2.22. The third kappa shape index (κ3) is 3.33. The van der Waals surface area contributed by atoms with Gasteiger partial charge in [-0.05, 0) is 25.8 Å². The van der Waals surface area contributed by atoms with Crippen molar-refractivity contribution in [2.45, 2.75) is 45.1 Å². The van der Waals surface area contributed by atoms with Crippen molar-refractivity contribution in [2.24, 2.45) is 0 Å². The predicted molar refractivity (Wildman–Crippen MR) is 91.6 cm³/mol. The molecule has 0 atom stereocenters. The van der Waals surface area contributed by atoms with Crippen molar-refractivity contribution in [3.05, 3.63) is 39.9 Å². The summed E-state index contributed by atoms with van der Waals surface area (Å²) in [6.45, 7) is 1.88. The zero-order valence-electron chi connectivity index (χ0n) is 12.6. The van der Waals surface area contributed by atoms with E-state index in [0.29, 0.717) is 15.9 Å². The van der Waals surface area contributed by atoms with Crippen molar-refractivity contribution in [2.75, 3.05) is 0 Å². The number of nitrogens with zero attached hydrogens (tertiary/aromatic N) is 1. The molecule has 1 aliphatic carbocycles. The molecule has 0 bridgehead atoms. The largest absolute Gasteiger partial charge is 0.349 e. The van der Waals surface area contributed by atoms with Crippen molar-refractivity contribution in [1.82, 2.24) is 10.3 Å². The molecule has 1 heterocycles. The Bertz CT molecular complexity index is 677. The summed E-state index contributed by atoms with van der Waals surface area (Å²) in [5.41, 5.74) is 1.65. The van der Waals surface area contributed by atoms with Crippen molar-refractivity contribution in [1.29, 1.82) is 0 Å². The Morgan fingerprint density at radius 2 is 2.00 bits per heavy atom. The molecule has 1 N–H and O–H groups in total. The Balaban J connectivity index is 1.80. The van der Waals surface area contributed by atoms with Crippen molar-refractivity contribution in [3.63, 3.8) is 0 Å². The van der Waals surface area contributed by atoms with Crippen LogP contribution < -0.4 is 5.32 Å². The first-order valence-electron chi connectivity index (χ1n) is 7.68. The lowest BCUT2D eigenvalue weighted by molar-refractivity contribution is 0.0931. The van der Waals surface area contributed by atoms with Gasteiger partial charge in [-0.1, -0.05) is 49.1 Å².